The first-order chi connectivity index (χ1) is 10.7. The number of rotatable bonds is 10. The van der Waals surface area contributed by atoms with Gasteiger partial charge in [-0.25, -0.2) is 4.99 Å². The van der Waals surface area contributed by atoms with Crippen LogP contribution in [0.25, 0.3) is 0 Å². The standard InChI is InChI=1S/C14H27N5O3.HI/c1-5-15-14(16-8-7-9-20-4)17-10-12-18-13(19-22-12)11(3)21-6-2;/h11H,5-10H2,1-4H3,(H2,15,16,17);1H. The molecule has 1 aromatic rings. The van der Waals surface area contributed by atoms with Crippen LogP contribution < -0.4 is 10.6 Å². The number of methoxy groups -OCH3 is 1. The van der Waals surface area contributed by atoms with E-state index < -0.39 is 0 Å². The van der Waals surface area contributed by atoms with Crippen LogP contribution in [0, 0.1) is 0 Å². The topological polar surface area (TPSA) is 93.8 Å². The maximum Gasteiger partial charge on any atom is 0.248 e. The van der Waals surface area contributed by atoms with E-state index in [0.717, 1.165) is 32.1 Å². The molecule has 23 heavy (non-hydrogen) atoms. The first kappa shape index (κ1) is 22.1. The molecule has 134 valence electrons. The molecule has 0 amide bonds. The average Bonchev–Trinajstić information content (AvgIpc) is 2.98. The van der Waals surface area contributed by atoms with Gasteiger partial charge in [0.15, 0.2) is 11.8 Å². The molecule has 0 saturated carbocycles. The normalized spacial score (nSPS) is 12.6. The number of nitrogens with one attached hydrogen (secondary N) is 2. The van der Waals surface area contributed by atoms with Crippen molar-refractivity contribution in [2.45, 2.75) is 39.8 Å². The van der Waals surface area contributed by atoms with E-state index in [1.165, 1.54) is 0 Å². The molecule has 1 heterocycles. The highest BCUT2D eigenvalue weighted by atomic mass is 127. The number of ether oxygens (including phenoxy) is 2. The molecule has 9 heteroatoms. The summed E-state index contributed by atoms with van der Waals surface area (Å²) in [7, 11) is 1.69. The third-order valence-electron chi connectivity index (χ3n) is 2.80. The highest BCUT2D eigenvalue weighted by Crippen LogP contribution is 2.12. The van der Waals surface area contributed by atoms with Crippen molar-refractivity contribution in [1.82, 2.24) is 20.8 Å². The Kier molecular flexibility index (Phi) is 12.9. The summed E-state index contributed by atoms with van der Waals surface area (Å²) < 4.78 is 15.6. The molecule has 0 fully saturated rings. The van der Waals surface area contributed by atoms with E-state index in [0.29, 0.717) is 24.9 Å². The SMILES string of the molecule is CCNC(=NCc1nc(C(C)OCC)no1)NCCCOC.I. The highest BCUT2D eigenvalue weighted by molar-refractivity contribution is 14.0. The van der Waals surface area contributed by atoms with Crippen molar-refractivity contribution in [2.24, 2.45) is 4.99 Å². The summed E-state index contributed by atoms with van der Waals surface area (Å²) in [6.07, 6.45) is 0.740. The molecule has 1 rings (SSSR count). The quantitative estimate of drug-likeness (QED) is 0.248. The average molecular weight is 441 g/mol. The second-order valence-electron chi connectivity index (χ2n) is 4.61. The Morgan fingerprint density at radius 2 is 2.13 bits per heavy atom. The molecule has 0 radical (unpaired) electrons. The number of aliphatic imine (C=N–C) groups is 1. The second kappa shape index (κ2) is 13.5. The summed E-state index contributed by atoms with van der Waals surface area (Å²) in [5.41, 5.74) is 0. The Labute approximate surface area is 154 Å². The van der Waals surface area contributed by atoms with E-state index in [1.807, 2.05) is 20.8 Å². The number of guanidine groups is 1. The molecule has 0 bridgehead atoms. The molecule has 0 aliphatic carbocycles. The molecule has 0 aliphatic rings. The maximum absolute atomic E-state index is 5.42. The third-order valence-corrected chi connectivity index (χ3v) is 2.80. The molecule has 0 saturated heterocycles. The Morgan fingerprint density at radius 3 is 2.78 bits per heavy atom. The molecule has 1 atom stereocenters. The minimum atomic E-state index is -0.174. The fourth-order valence-corrected chi connectivity index (χ4v) is 1.73. The lowest BCUT2D eigenvalue weighted by Gasteiger charge is -2.10. The lowest BCUT2D eigenvalue weighted by atomic mass is 10.4. The Bertz CT molecular complexity index is 442. The van der Waals surface area contributed by atoms with E-state index in [9.17, 15) is 0 Å². The minimum absolute atomic E-state index is 0. The second-order valence-corrected chi connectivity index (χ2v) is 4.61. The van der Waals surface area contributed by atoms with Gasteiger partial charge in [-0.2, -0.15) is 4.98 Å². The zero-order valence-electron chi connectivity index (χ0n) is 14.3. The van der Waals surface area contributed by atoms with Crippen LogP contribution in [0.5, 0.6) is 0 Å². The molecule has 2 N–H and O–H groups in total. The number of hydrogen-bond acceptors (Lipinski definition) is 6. The summed E-state index contributed by atoms with van der Waals surface area (Å²) in [5, 5.41) is 10.3. The molecular formula is C14H28IN5O3. The lowest BCUT2D eigenvalue weighted by molar-refractivity contribution is 0.0683. The van der Waals surface area contributed by atoms with Crippen LogP contribution >= 0.6 is 24.0 Å². The van der Waals surface area contributed by atoms with Crippen molar-refractivity contribution in [1.29, 1.82) is 0 Å². The van der Waals surface area contributed by atoms with Gasteiger partial charge in [0.1, 0.15) is 12.6 Å². The third kappa shape index (κ3) is 9.06. The van der Waals surface area contributed by atoms with Crippen molar-refractivity contribution in [3.05, 3.63) is 11.7 Å². The smallest absolute Gasteiger partial charge is 0.248 e. The summed E-state index contributed by atoms with van der Waals surface area (Å²) in [6.45, 7) is 9.06. The summed E-state index contributed by atoms with van der Waals surface area (Å²) >= 11 is 0. The number of halogens is 1. The Balaban J connectivity index is 0.00000484. The van der Waals surface area contributed by atoms with Gasteiger partial charge in [0.05, 0.1) is 0 Å². The van der Waals surface area contributed by atoms with Gasteiger partial charge in [0.2, 0.25) is 5.89 Å². The molecule has 1 aromatic heterocycles. The van der Waals surface area contributed by atoms with Crippen molar-refractivity contribution < 1.29 is 14.0 Å². The van der Waals surface area contributed by atoms with Crippen LogP contribution in [0.4, 0.5) is 0 Å². The number of nitrogens with zero attached hydrogens (tertiary/aromatic N) is 3. The van der Waals surface area contributed by atoms with Crippen LogP contribution in [0.3, 0.4) is 0 Å². The summed E-state index contributed by atoms with van der Waals surface area (Å²) in [6, 6.07) is 0. The lowest BCUT2D eigenvalue weighted by Crippen LogP contribution is -2.38. The van der Waals surface area contributed by atoms with Gasteiger partial charge < -0.3 is 24.6 Å². The van der Waals surface area contributed by atoms with Gasteiger partial charge in [-0.15, -0.1) is 24.0 Å². The fourth-order valence-electron chi connectivity index (χ4n) is 1.73. The molecule has 1 unspecified atom stereocenters. The van der Waals surface area contributed by atoms with Gasteiger partial charge in [0.25, 0.3) is 0 Å². The molecular weight excluding hydrogens is 413 g/mol. The molecule has 8 nitrogen and oxygen atoms in total. The fraction of sp³-hybridized carbons (Fsp3) is 0.786. The van der Waals surface area contributed by atoms with E-state index in [-0.39, 0.29) is 30.1 Å². The van der Waals surface area contributed by atoms with Crippen molar-refractivity contribution in [3.63, 3.8) is 0 Å². The zero-order chi connectivity index (χ0) is 16.2. The zero-order valence-corrected chi connectivity index (χ0v) is 16.6. The van der Waals surface area contributed by atoms with Gasteiger partial charge in [0, 0.05) is 33.4 Å². The molecule has 0 aliphatic heterocycles. The Morgan fingerprint density at radius 1 is 1.35 bits per heavy atom. The predicted molar refractivity (Wildman–Crippen MR) is 99.1 cm³/mol. The van der Waals surface area contributed by atoms with Gasteiger partial charge in [-0.1, -0.05) is 5.16 Å². The predicted octanol–water partition coefficient (Wildman–Crippen LogP) is 1.88. The van der Waals surface area contributed by atoms with E-state index in [2.05, 4.69) is 25.8 Å². The van der Waals surface area contributed by atoms with Crippen LogP contribution in [0.1, 0.15) is 45.0 Å². The van der Waals surface area contributed by atoms with E-state index in [4.69, 9.17) is 14.0 Å². The summed E-state index contributed by atoms with van der Waals surface area (Å²) in [5.74, 6) is 1.73. The monoisotopic (exact) mass is 441 g/mol. The van der Waals surface area contributed by atoms with Crippen molar-refractivity contribution in [2.75, 3.05) is 33.4 Å². The van der Waals surface area contributed by atoms with Crippen LogP contribution in [-0.4, -0.2) is 49.5 Å². The van der Waals surface area contributed by atoms with E-state index >= 15 is 0 Å². The first-order valence-corrected chi connectivity index (χ1v) is 7.66. The van der Waals surface area contributed by atoms with Crippen LogP contribution in [-0.2, 0) is 16.0 Å². The van der Waals surface area contributed by atoms with Crippen molar-refractivity contribution in [3.8, 4) is 0 Å². The Hall–Kier alpha value is -0.940. The van der Waals surface area contributed by atoms with E-state index in [1.54, 1.807) is 7.11 Å². The number of hydrogen-bond donors (Lipinski definition) is 2. The van der Waals surface area contributed by atoms with Gasteiger partial charge in [-0.3, -0.25) is 0 Å². The highest BCUT2D eigenvalue weighted by Gasteiger charge is 2.13. The van der Waals surface area contributed by atoms with Crippen LogP contribution in [0.2, 0.25) is 0 Å². The number of aromatic nitrogens is 2. The largest absolute Gasteiger partial charge is 0.385 e. The van der Waals surface area contributed by atoms with Crippen LogP contribution in [0.15, 0.2) is 9.52 Å². The van der Waals surface area contributed by atoms with Gasteiger partial charge in [-0.05, 0) is 27.2 Å². The van der Waals surface area contributed by atoms with Crippen molar-refractivity contribution >= 4 is 29.9 Å². The first-order valence-electron chi connectivity index (χ1n) is 7.66. The molecule has 0 spiro atoms. The summed E-state index contributed by atoms with van der Waals surface area (Å²) in [4.78, 5) is 8.70. The maximum atomic E-state index is 5.42. The minimum Gasteiger partial charge on any atom is -0.385 e. The van der Waals surface area contributed by atoms with Gasteiger partial charge >= 0.3 is 0 Å². The molecule has 0 aromatic carbocycles.